The van der Waals surface area contributed by atoms with Crippen LogP contribution < -0.4 is 10.1 Å². The summed E-state index contributed by atoms with van der Waals surface area (Å²) in [6.45, 7) is 3.57. The average molecular weight is 308 g/mol. The molecule has 0 atom stereocenters. The van der Waals surface area contributed by atoms with Gasteiger partial charge in [0.15, 0.2) is 6.61 Å². The van der Waals surface area contributed by atoms with Crippen LogP contribution in [0.3, 0.4) is 0 Å². The van der Waals surface area contributed by atoms with Gasteiger partial charge in [0, 0.05) is 10.7 Å². The fourth-order valence-corrected chi connectivity index (χ4v) is 2.35. The van der Waals surface area contributed by atoms with E-state index in [2.05, 4.69) is 5.32 Å². The molecule has 0 spiro atoms. The predicted molar refractivity (Wildman–Crippen MR) is 81.5 cm³/mol. The summed E-state index contributed by atoms with van der Waals surface area (Å²) in [5.41, 5.74) is 2.12. The Hall–Kier alpha value is -2.07. The molecule has 5 heteroatoms. The summed E-state index contributed by atoms with van der Waals surface area (Å²) in [7, 11) is 0. The van der Waals surface area contributed by atoms with E-state index in [1.54, 1.807) is 18.2 Å². The molecule has 0 unspecified atom stereocenters. The largest absolute Gasteiger partial charge is 0.483 e. The Bertz CT molecular complexity index is 650. The number of carbonyl (C=O) groups excluding carboxylic acids is 1. The molecule has 0 aliphatic heterocycles. The van der Waals surface area contributed by atoms with Crippen LogP contribution in [0.25, 0.3) is 0 Å². The number of carbonyl (C=O) groups is 1. The maximum absolute atomic E-state index is 13.0. The number of hydrogen-bond donors (Lipinski definition) is 1. The van der Waals surface area contributed by atoms with Crippen LogP contribution >= 0.6 is 11.6 Å². The van der Waals surface area contributed by atoms with Crippen molar-refractivity contribution in [1.82, 2.24) is 0 Å². The third-order valence-corrected chi connectivity index (χ3v) is 3.10. The van der Waals surface area contributed by atoms with Crippen LogP contribution in [0.1, 0.15) is 11.1 Å². The van der Waals surface area contributed by atoms with Gasteiger partial charge in [0.05, 0.1) is 0 Å². The van der Waals surface area contributed by atoms with Crippen LogP contribution in [0.5, 0.6) is 5.75 Å². The molecule has 3 nitrogen and oxygen atoms in total. The molecule has 1 N–H and O–H groups in total. The molecule has 2 aromatic rings. The van der Waals surface area contributed by atoms with Crippen LogP contribution in [0.15, 0.2) is 36.4 Å². The Kier molecular flexibility index (Phi) is 4.81. The Labute approximate surface area is 127 Å². The van der Waals surface area contributed by atoms with Gasteiger partial charge in [-0.05, 0) is 55.3 Å². The number of rotatable bonds is 4. The van der Waals surface area contributed by atoms with Gasteiger partial charge in [0.25, 0.3) is 5.91 Å². The maximum Gasteiger partial charge on any atom is 0.262 e. The van der Waals surface area contributed by atoms with Crippen LogP contribution in [0.2, 0.25) is 5.02 Å². The first-order valence-electron chi connectivity index (χ1n) is 6.40. The second kappa shape index (κ2) is 6.59. The Balaban J connectivity index is 1.99. The van der Waals surface area contributed by atoms with Crippen molar-refractivity contribution in [2.45, 2.75) is 13.8 Å². The smallest absolute Gasteiger partial charge is 0.262 e. The second-order valence-corrected chi connectivity index (χ2v) is 5.15. The molecule has 0 saturated heterocycles. The average Bonchev–Trinajstić information content (AvgIpc) is 2.37. The van der Waals surface area contributed by atoms with E-state index < -0.39 is 5.82 Å². The highest BCUT2D eigenvalue weighted by Crippen LogP contribution is 2.27. The van der Waals surface area contributed by atoms with Gasteiger partial charge in [-0.25, -0.2) is 4.39 Å². The minimum absolute atomic E-state index is 0.153. The number of nitrogens with one attached hydrogen (secondary N) is 1. The lowest BCUT2D eigenvalue weighted by molar-refractivity contribution is -0.118. The number of amides is 1. The summed E-state index contributed by atoms with van der Waals surface area (Å²) in [4.78, 5) is 11.8. The summed E-state index contributed by atoms with van der Waals surface area (Å²) in [5, 5.41) is 3.20. The summed E-state index contributed by atoms with van der Waals surface area (Å²) >= 11 is 5.94. The molecule has 0 heterocycles. The van der Waals surface area contributed by atoms with E-state index in [4.69, 9.17) is 16.3 Å². The highest BCUT2D eigenvalue weighted by molar-refractivity contribution is 6.30. The van der Waals surface area contributed by atoms with Gasteiger partial charge < -0.3 is 10.1 Å². The maximum atomic E-state index is 13.0. The highest BCUT2D eigenvalue weighted by atomic mass is 35.5. The normalized spacial score (nSPS) is 10.3. The molecule has 0 aliphatic carbocycles. The van der Waals surface area contributed by atoms with Crippen LogP contribution in [-0.2, 0) is 4.79 Å². The summed E-state index contributed by atoms with van der Waals surface area (Å²) in [6.07, 6.45) is 0. The molecule has 2 rings (SSSR count). The zero-order valence-electron chi connectivity index (χ0n) is 11.7. The predicted octanol–water partition coefficient (Wildman–Crippen LogP) is 4.11. The molecule has 2 aromatic carbocycles. The van der Waals surface area contributed by atoms with Gasteiger partial charge in [-0.2, -0.15) is 0 Å². The number of aryl methyl sites for hydroxylation is 2. The number of ether oxygens (including phenoxy) is 1. The zero-order chi connectivity index (χ0) is 15.4. The summed E-state index contributed by atoms with van der Waals surface area (Å²) < 4.78 is 18.5. The number of benzene rings is 2. The Morgan fingerprint density at radius 2 is 1.90 bits per heavy atom. The topological polar surface area (TPSA) is 38.3 Å². The van der Waals surface area contributed by atoms with E-state index in [-0.39, 0.29) is 12.5 Å². The van der Waals surface area contributed by atoms with Crippen LogP contribution in [-0.4, -0.2) is 12.5 Å². The van der Waals surface area contributed by atoms with Crippen molar-refractivity contribution >= 4 is 23.2 Å². The fraction of sp³-hybridized carbons (Fsp3) is 0.188. The van der Waals surface area contributed by atoms with Crippen molar-refractivity contribution in [2.24, 2.45) is 0 Å². The van der Waals surface area contributed by atoms with Crippen molar-refractivity contribution in [3.05, 3.63) is 58.4 Å². The first-order valence-corrected chi connectivity index (χ1v) is 6.78. The van der Waals surface area contributed by atoms with E-state index in [1.165, 1.54) is 18.2 Å². The first kappa shape index (κ1) is 15.3. The summed E-state index contributed by atoms with van der Waals surface area (Å²) in [6, 6.07) is 9.24. The molecular weight excluding hydrogens is 293 g/mol. The van der Waals surface area contributed by atoms with Crippen molar-refractivity contribution in [3.63, 3.8) is 0 Å². The molecule has 1 amide bonds. The highest BCUT2D eigenvalue weighted by Gasteiger charge is 2.09. The molecule has 21 heavy (non-hydrogen) atoms. The van der Waals surface area contributed by atoms with Gasteiger partial charge in [0.2, 0.25) is 0 Å². The molecular formula is C16H15ClFNO2. The summed E-state index contributed by atoms with van der Waals surface area (Å²) in [5.74, 6) is -0.124. The quantitative estimate of drug-likeness (QED) is 0.923. The van der Waals surface area contributed by atoms with Gasteiger partial charge in [-0.3, -0.25) is 4.79 Å². The number of anilines is 1. The van der Waals surface area contributed by atoms with Crippen LogP contribution in [0.4, 0.5) is 10.1 Å². The van der Waals surface area contributed by atoms with Crippen molar-refractivity contribution in [1.29, 1.82) is 0 Å². The SMILES string of the molecule is Cc1cc(Cl)cc(C)c1OCC(=O)Nc1cccc(F)c1. The molecule has 0 saturated carbocycles. The first-order chi connectivity index (χ1) is 9.95. The van der Waals surface area contributed by atoms with E-state index >= 15 is 0 Å². The zero-order valence-corrected chi connectivity index (χ0v) is 12.5. The molecule has 0 radical (unpaired) electrons. The van der Waals surface area contributed by atoms with Gasteiger partial charge in [0.1, 0.15) is 11.6 Å². The second-order valence-electron chi connectivity index (χ2n) is 4.72. The van der Waals surface area contributed by atoms with Crippen molar-refractivity contribution in [2.75, 3.05) is 11.9 Å². The minimum Gasteiger partial charge on any atom is -0.483 e. The molecule has 0 bridgehead atoms. The lowest BCUT2D eigenvalue weighted by Crippen LogP contribution is -2.20. The Morgan fingerprint density at radius 1 is 1.24 bits per heavy atom. The van der Waals surface area contributed by atoms with Gasteiger partial charge in [-0.15, -0.1) is 0 Å². The third-order valence-electron chi connectivity index (χ3n) is 2.88. The van der Waals surface area contributed by atoms with E-state index in [0.717, 1.165) is 11.1 Å². The van der Waals surface area contributed by atoms with Crippen molar-refractivity contribution < 1.29 is 13.9 Å². The standard InChI is InChI=1S/C16H15ClFNO2/c1-10-6-12(17)7-11(2)16(10)21-9-15(20)19-14-5-3-4-13(18)8-14/h3-8H,9H2,1-2H3,(H,19,20). The number of halogens is 2. The van der Waals surface area contributed by atoms with E-state index in [1.807, 2.05) is 13.8 Å². The lowest BCUT2D eigenvalue weighted by atomic mass is 10.1. The fourth-order valence-electron chi connectivity index (χ4n) is 2.03. The van der Waals surface area contributed by atoms with Crippen molar-refractivity contribution in [3.8, 4) is 5.75 Å². The van der Waals surface area contributed by atoms with Gasteiger partial charge in [-0.1, -0.05) is 17.7 Å². The van der Waals surface area contributed by atoms with Crippen LogP contribution in [0, 0.1) is 19.7 Å². The minimum atomic E-state index is -0.405. The lowest BCUT2D eigenvalue weighted by Gasteiger charge is -2.12. The van der Waals surface area contributed by atoms with E-state index in [9.17, 15) is 9.18 Å². The molecule has 110 valence electrons. The van der Waals surface area contributed by atoms with E-state index in [0.29, 0.717) is 16.5 Å². The molecule has 0 aliphatic rings. The van der Waals surface area contributed by atoms with Gasteiger partial charge >= 0.3 is 0 Å². The number of hydrogen-bond acceptors (Lipinski definition) is 2. The third kappa shape index (κ3) is 4.20. The molecule has 0 fully saturated rings. The monoisotopic (exact) mass is 307 g/mol. The Morgan fingerprint density at radius 3 is 2.52 bits per heavy atom. The molecule has 0 aromatic heterocycles.